The first-order valence-corrected chi connectivity index (χ1v) is 8.31. The summed E-state index contributed by atoms with van der Waals surface area (Å²) in [4.78, 5) is 12.0. The number of rotatable bonds is 5. The molecule has 1 amide bonds. The maximum Gasteiger partial charge on any atom is 0.412 e. The van der Waals surface area contributed by atoms with E-state index < -0.39 is 12.2 Å². The third kappa shape index (κ3) is 3.68. The minimum atomic E-state index is -0.504. The summed E-state index contributed by atoms with van der Waals surface area (Å²) in [5, 5.41) is 6.07. The van der Waals surface area contributed by atoms with Crippen molar-refractivity contribution in [3.63, 3.8) is 0 Å². The lowest BCUT2D eigenvalue weighted by Crippen LogP contribution is -2.41. The van der Waals surface area contributed by atoms with E-state index in [0.717, 1.165) is 5.76 Å². The van der Waals surface area contributed by atoms with Gasteiger partial charge in [0.25, 0.3) is 0 Å². The molecule has 0 aliphatic carbocycles. The Balaban J connectivity index is 1.28. The Morgan fingerprint density at radius 3 is 2.72 bits per heavy atom. The van der Waals surface area contributed by atoms with Crippen molar-refractivity contribution in [2.75, 3.05) is 18.5 Å². The van der Waals surface area contributed by atoms with Gasteiger partial charge >= 0.3 is 6.09 Å². The van der Waals surface area contributed by atoms with Gasteiger partial charge in [-0.15, -0.1) is 0 Å². The van der Waals surface area contributed by atoms with E-state index in [4.69, 9.17) is 18.6 Å². The van der Waals surface area contributed by atoms with E-state index >= 15 is 0 Å². The van der Waals surface area contributed by atoms with Gasteiger partial charge in [-0.25, -0.2) is 4.79 Å². The highest BCUT2D eigenvalue weighted by Gasteiger charge is 2.49. The number of hydrogen-bond acceptors (Lipinski definition) is 6. The maximum absolute atomic E-state index is 12.0. The molecule has 132 valence electrons. The first-order valence-electron chi connectivity index (χ1n) is 8.31. The van der Waals surface area contributed by atoms with Crippen LogP contribution in [-0.4, -0.2) is 43.7 Å². The fraction of sp³-hybridized carbons (Fsp3) is 0.389. The molecule has 0 bridgehead atoms. The van der Waals surface area contributed by atoms with Crippen molar-refractivity contribution in [1.82, 2.24) is 5.32 Å². The van der Waals surface area contributed by atoms with Crippen LogP contribution in [-0.2, 0) is 20.8 Å². The van der Waals surface area contributed by atoms with E-state index in [2.05, 4.69) is 10.6 Å². The third-order valence-electron chi connectivity index (χ3n) is 4.41. The molecule has 0 radical (unpaired) electrons. The summed E-state index contributed by atoms with van der Waals surface area (Å²) >= 11 is 0. The van der Waals surface area contributed by atoms with E-state index in [0.29, 0.717) is 25.4 Å². The molecule has 1 aromatic heterocycles. The zero-order chi connectivity index (χ0) is 17.1. The van der Waals surface area contributed by atoms with Gasteiger partial charge in [-0.3, -0.25) is 5.32 Å². The highest BCUT2D eigenvalue weighted by Crippen LogP contribution is 2.29. The van der Waals surface area contributed by atoms with Gasteiger partial charge in [0.2, 0.25) is 0 Å². The first-order chi connectivity index (χ1) is 12.3. The van der Waals surface area contributed by atoms with Crippen LogP contribution in [0.1, 0.15) is 5.76 Å². The topological polar surface area (TPSA) is 82.0 Å². The number of fused-ring (bicyclic) bond motifs is 1. The molecule has 2 fully saturated rings. The lowest BCUT2D eigenvalue weighted by molar-refractivity contribution is 0.00852. The molecular weight excluding hydrogens is 324 g/mol. The molecule has 0 saturated carbocycles. The predicted molar refractivity (Wildman–Crippen MR) is 89.1 cm³/mol. The van der Waals surface area contributed by atoms with Gasteiger partial charge in [-0.05, 0) is 24.3 Å². The quantitative estimate of drug-likeness (QED) is 0.865. The van der Waals surface area contributed by atoms with Crippen molar-refractivity contribution in [2.24, 2.45) is 0 Å². The summed E-state index contributed by atoms with van der Waals surface area (Å²) in [5.74, 6) is 0.858. The Bertz CT molecular complexity index is 691. The standard InChI is InChI=1S/C18H20N2O5/c21-18(20-12-5-2-1-3-6-12)25-15-11-24-16-14(10-23-17(15)16)19-9-13-7-4-8-22-13/h1-8,14-17,19H,9-11H2,(H,20,21). The Kier molecular flexibility index (Phi) is 4.69. The normalized spacial score (nSPS) is 27.8. The molecule has 7 heteroatoms. The van der Waals surface area contributed by atoms with Crippen molar-refractivity contribution in [3.8, 4) is 0 Å². The van der Waals surface area contributed by atoms with Gasteiger partial charge in [-0.1, -0.05) is 18.2 Å². The predicted octanol–water partition coefficient (Wildman–Crippen LogP) is 2.15. The summed E-state index contributed by atoms with van der Waals surface area (Å²) < 4.78 is 22.4. The van der Waals surface area contributed by atoms with Crippen LogP contribution in [0.4, 0.5) is 10.5 Å². The highest BCUT2D eigenvalue weighted by molar-refractivity contribution is 5.84. The summed E-state index contributed by atoms with van der Waals surface area (Å²) in [6.45, 7) is 1.44. The highest BCUT2D eigenvalue weighted by atomic mass is 16.6. The fourth-order valence-corrected chi connectivity index (χ4v) is 3.19. The van der Waals surface area contributed by atoms with E-state index in [9.17, 15) is 4.79 Å². The largest absolute Gasteiger partial charge is 0.468 e. The van der Waals surface area contributed by atoms with Crippen LogP contribution in [0.3, 0.4) is 0 Å². The Labute approximate surface area is 145 Å². The number of ether oxygens (including phenoxy) is 3. The molecule has 2 N–H and O–H groups in total. The van der Waals surface area contributed by atoms with Crippen molar-refractivity contribution in [3.05, 3.63) is 54.5 Å². The van der Waals surface area contributed by atoms with Crippen LogP contribution < -0.4 is 10.6 Å². The van der Waals surface area contributed by atoms with Crippen LogP contribution in [0.15, 0.2) is 53.1 Å². The number of para-hydroxylation sites is 1. The molecule has 2 saturated heterocycles. The SMILES string of the molecule is O=C(Nc1ccccc1)OC1COC2C(NCc3ccco3)COC12. The molecular formula is C18H20N2O5. The van der Waals surface area contributed by atoms with Crippen LogP contribution in [0.5, 0.6) is 0 Å². The van der Waals surface area contributed by atoms with Crippen LogP contribution >= 0.6 is 0 Å². The Hall–Kier alpha value is -2.35. The van der Waals surface area contributed by atoms with Gasteiger partial charge in [0.05, 0.1) is 32.1 Å². The van der Waals surface area contributed by atoms with Crippen molar-refractivity contribution >= 4 is 11.8 Å². The molecule has 1 aromatic carbocycles. The fourth-order valence-electron chi connectivity index (χ4n) is 3.19. The van der Waals surface area contributed by atoms with Crippen LogP contribution in [0, 0.1) is 0 Å². The first kappa shape index (κ1) is 16.1. The number of hydrogen-bond donors (Lipinski definition) is 2. The summed E-state index contributed by atoms with van der Waals surface area (Å²) in [6.07, 6.45) is 0.340. The molecule has 4 atom stereocenters. The van der Waals surface area contributed by atoms with Gasteiger partial charge in [-0.2, -0.15) is 0 Å². The van der Waals surface area contributed by atoms with Crippen LogP contribution in [0.25, 0.3) is 0 Å². The molecule has 4 rings (SSSR count). The van der Waals surface area contributed by atoms with Crippen molar-refractivity contribution in [2.45, 2.75) is 30.9 Å². The summed E-state index contributed by atoms with van der Waals surface area (Å²) in [7, 11) is 0. The Morgan fingerprint density at radius 1 is 1.08 bits per heavy atom. The van der Waals surface area contributed by atoms with E-state index in [1.165, 1.54) is 0 Å². The van der Waals surface area contributed by atoms with E-state index in [1.54, 1.807) is 18.4 Å². The summed E-state index contributed by atoms with van der Waals surface area (Å²) in [6, 6.07) is 13.0. The monoisotopic (exact) mass is 344 g/mol. The second-order valence-electron chi connectivity index (χ2n) is 6.10. The number of anilines is 1. The number of carbonyl (C=O) groups is 1. The average molecular weight is 344 g/mol. The molecule has 2 aliphatic heterocycles. The minimum absolute atomic E-state index is 0.0425. The lowest BCUT2D eigenvalue weighted by Gasteiger charge is -2.17. The number of nitrogens with one attached hydrogen (secondary N) is 2. The molecule has 25 heavy (non-hydrogen) atoms. The molecule has 3 heterocycles. The Morgan fingerprint density at radius 2 is 1.92 bits per heavy atom. The van der Waals surface area contributed by atoms with Gasteiger partial charge in [0.1, 0.15) is 18.0 Å². The average Bonchev–Trinajstić information content (AvgIpc) is 3.33. The molecule has 2 aliphatic rings. The number of furan rings is 1. The van der Waals surface area contributed by atoms with Gasteiger partial charge in [0.15, 0.2) is 6.10 Å². The van der Waals surface area contributed by atoms with E-state index in [1.807, 2.05) is 30.3 Å². The summed E-state index contributed by atoms with van der Waals surface area (Å²) in [5.41, 5.74) is 0.688. The van der Waals surface area contributed by atoms with Crippen molar-refractivity contribution < 1.29 is 23.4 Å². The zero-order valence-corrected chi connectivity index (χ0v) is 13.6. The molecule has 4 unspecified atom stereocenters. The smallest absolute Gasteiger partial charge is 0.412 e. The lowest BCUT2D eigenvalue weighted by atomic mass is 10.1. The van der Waals surface area contributed by atoms with Gasteiger partial charge in [0, 0.05) is 5.69 Å². The third-order valence-corrected chi connectivity index (χ3v) is 4.41. The molecule has 2 aromatic rings. The number of carbonyl (C=O) groups excluding carboxylic acids is 1. The second-order valence-corrected chi connectivity index (χ2v) is 6.10. The number of benzene rings is 1. The second kappa shape index (κ2) is 7.26. The maximum atomic E-state index is 12.0. The van der Waals surface area contributed by atoms with Gasteiger partial charge < -0.3 is 23.9 Å². The number of amides is 1. The molecule has 0 spiro atoms. The minimum Gasteiger partial charge on any atom is -0.468 e. The van der Waals surface area contributed by atoms with Crippen LogP contribution in [0.2, 0.25) is 0 Å². The van der Waals surface area contributed by atoms with Crippen molar-refractivity contribution in [1.29, 1.82) is 0 Å². The zero-order valence-electron chi connectivity index (χ0n) is 13.6. The molecule has 7 nitrogen and oxygen atoms in total. The van der Waals surface area contributed by atoms with E-state index in [-0.39, 0.29) is 18.2 Å².